The van der Waals surface area contributed by atoms with E-state index in [1.807, 2.05) is 0 Å². The third kappa shape index (κ3) is 4.03. The Bertz CT molecular complexity index is 187. The van der Waals surface area contributed by atoms with Crippen LogP contribution in [0.5, 0.6) is 0 Å². The second-order valence-corrected chi connectivity index (χ2v) is 6.31. The minimum absolute atomic E-state index is 0.564. The lowest BCUT2D eigenvalue weighted by atomic mass is 9.75. The van der Waals surface area contributed by atoms with Gasteiger partial charge in [0.05, 0.1) is 0 Å². The summed E-state index contributed by atoms with van der Waals surface area (Å²) in [6.07, 6.45) is 9.77. The van der Waals surface area contributed by atoms with Crippen molar-refractivity contribution in [1.29, 1.82) is 0 Å². The third-order valence-electron chi connectivity index (χ3n) is 4.24. The van der Waals surface area contributed by atoms with Gasteiger partial charge >= 0.3 is 0 Å². The molecule has 0 bridgehead atoms. The summed E-state index contributed by atoms with van der Waals surface area (Å²) in [5, 5.41) is 1.18. The molecule has 1 aliphatic rings. The predicted octanol–water partition coefficient (Wildman–Crippen LogP) is 4.45. The summed E-state index contributed by atoms with van der Waals surface area (Å²) in [6.45, 7) is 5.93. The molecule has 0 amide bonds. The number of alkyl halides is 1. The average Bonchev–Trinajstić information content (AvgIpc) is 2.30. The number of rotatable bonds is 6. The Morgan fingerprint density at radius 1 is 1.25 bits per heavy atom. The molecule has 1 atom stereocenters. The van der Waals surface area contributed by atoms with E-state index < -0.39 is 0 Å². The molecule has 1 aliphatic carbocycles. The molecule has 0 aliphatic heterocycles. The Kier molecular flexibility index (Phi) is 6.35. The maximum Gasteiger partial charge on any atom is 0.0100 e. The van der Waals surface area contributed by atoms with Crippen molar-refractivity contribution in [2.45, 2.75) is 64.8 Å². The van der Waals surface area contributed by atoms with Gasteiger partial charge in [-0.25, -0.2) is 0 Å². The van der Waals surface area contributed by atoms with E-state index in [0.717, 1.165) is 6.04 Å². The van der Waals surface area contributed by atoms with Gasteiger partial charge in [0.1, 0.15) is 0 Å². The lowest BCUT2D eigenvalue weighted by Crippen LogP contribution is -2.42. The molecule has 1 fully saturated rings. The van der Waals surface area contributed by atoms with E-state index in [-0.39, 0.29) is 0 Å². The molecule has 1 saturated carbocycles. The molecular weight excluding hydrogens is 262 g/mol. The van der Waals surface area contributed by atoms with Gasteiger partial charge in [-0.05, 0) is 38.6 Å². The fourth-order valence-corrected chi connectivity index (χ4v) is 3.70. The first kappa shape index (κ1) is 14.5. The minimum atomic E-state index is 0.564. The quantitative estimate of drug-likeness (QED) is 0.653. The van der Waals surface area contributed by atoms with Crippen LogP contribution in [0.15, 0.2) is 0 Å². The maximum absolute atomic E-state index is 3.76. The van der Waals surface area contributed by atoms with Crippen molar-refractivity contribution in [3.63, 3.8) is 0 Å². The Morgan fingerprint density at radius 2 is 1.88 bits per heavy atom. The Balaban J connectivity index is 2.48. The van der Waals surface area contributed by atoms with Crippen LogP contribution in [-0.2, 0) is 0 Å². The van der Waals surface area contributed by atoms with Gasteiger partial charge in [-0.2, -0.15) is 0 Å². The molecule has 0 aromatic heterocycles. The van der Waals surface area contributed by atoms with Crippen LogP contribution in [0, 0.1) is 5.41 Å². The first-order valence-electron chi connectivity index (χ1n) is 6.90. The molecule has 0 saturated heterocycles. The average molecular weight is 290 g/mol. The van der Waals surface area contributed by atoms with Gasteiger partial charge in [0.2, 0.25) is 0 Å². The van der Waals surface area contributed by atoms with Crippen molar-refractivity contribution in [1.82, 2.24) is 4.90 Å². The minimum Gasteiger partial charge on any atom is -0.303 e. The van der Waals surface area contributed by atoms with E-state index in [2.05, 4.69) is 41.7 Å². The van der Waals surface area contributed by atoms with Gasteiger partial charge in [-0.1, -0.05) is 48.5 Å². The van der Waals surface area contributed by atoms with E-state index in [0.29, 0.717) is 5.41 Å². The largest absolute Gasteiger partial charge is 0.303 e. The fraction of sp³-hybridized carbons (Fsp3) is 1.00. The number of nitrogens with zero attached hydrogens (tertiary/aromatic N) is 1. The summed E-state index contributed by atoms with van der Waals surface area (Å²) < 4.78 is 0. The highest BCUT2D eigenvalue weighted by atomic mass is 79.9. The molecule has 96 valence electrons. The van der Waals surface area contributed by atoms with E-state index in [9.17, 15) is 0 Å². The molecule has 1 unspecified atom stereocenters. The lowest BCUT2D eigenvalue weighted by Gasteiger charge is -2.40. The summed E-state index contributed by atoms with van der Waals surface area (Å²) in [5.74, 6) is 0. The van der Waals surface area contributed by atoms with Crippen molar-refractivity contribution < 1.29 is 0 Å². The van der Waals surface area contributed by atoms with Crippen LogP contribution in [0.3, 0.4) is 0 Å². The van der Waals surface area contributed by atoms with Gasteiger partial charge in [0.25, 0.3) is 0 Å². The molecule has 0 heterocycles. The molecule has 0 N–H and O–H groups in total. The fourth-order valence-electron chi connectivity index (χ4n) is 2.96. The standard InChI is InChI=1S/C14H28BrN/c1-4-8-13(2)16(3)12-14(11-15)9-6-5-7-10-14/h13H,4-12H2,1-3H3. The van der Waals surface area contributed by atoms with Crippen LogP contribution in [0.4, 0.5) is 0 Å². The van der Waals surface area contributed by atoms with Gasteiger partial charge in [0, 0.05) is 17.9 Å². The van der Waals surface area contributed by atoms with Gasteiger partial charge in [-0.15, -0.1) is 0 Å². The van der Waals surface area contributed by atoms with Crippen LogP contribution < -0.4 is 0 Å². The van der Waals surface area contributed by atoms with E-state index in [1.165, 1.54) is 56.8 Å². The zero-order valence-corrected chi connectivity index (χ0v) is 12.9. The van der Waals surface area contributed by atoms with Gasteiger partial charge < -0.3 is 4.90 Å². The van der Waals surface area contributed by atoms with Gasteiger partial charge in [0.15, 0.2) is 0 Å². The maximum atomic E-state index is 3.76. The Labute approximate surface area is 110 Å². The topological polar surface area (TPSA) is 3.24 Å². The SMILES string of the molecule is CCCC(C)N(C)CC1(CBr)CCCCC1. The van der Waals surface area contributed by atoms with E-state index in [4.69, 9.17) is 0 Å². The predicted molar refractivity (Wildman–Crippen MR) is 76.3 cm³/mol. The highest BCUT2D eigenvalue weighted by Crippen LogP contribution is 2.38. The number of halogens is 1. The summed E-state index contributed by atoms with van der Waals surface area (Å²) in [5.41, 5.74) is 0.564. The van der Waals surface area contributed by atoms with Crippen molar-refractivity contribution in [2.24, 2.45) is 5.41 Å². The highest BCUT2D eigenvalue weighted by molar-refractivity contribution is 9.09. The molecule has 1 rings (SSSR count). The zero-order valence-electron chi connectivity index (χ0n) is 11.3. The summed E-state index contributed by atoms with van der Waals surface area (Å²) >= 11 is 3.76. The molecule has 0 aromatic carbocycles. The van der Waals surface area contributed by atoms with E-state index in [1.54, 1.807) is 0 Å². The number of hydrogen-bond donors (Lipinski definition) is 0. The van der Waals surface area contributed by atoms with Crippen LogP contribution in [0.25, 0.3) is 0 Å². The first-order valence-corrected chi connectivity index (χ1v) is 8.02. The first-order chi connectivity index (χ1) is 7.63. The normalized spacial score (nSPS) is 22.3. The van der Waals surface area contributed by atoms with Crippen LogP contribution in [0.2, 0.25) is 0 Å². The van der Waals surface area contributed by atoms with E-state index >= 15 is 0 Å². The molecule has 0 spiro atoms. The molecule has 0 aromatic rings. The van der Waals surface area contributed by atoms with Gasteiger partial charge in [-0.3, -0.25) is 0 Å². The highest BCUT2D eigenvalue weighted by Gasteiger charge is 2.32. The monoisotopic (exact) mass is 289 g/mol. The lowest BCUT2D eigenvalue weighted by molar-refractivity contribution is 0.117. The summed E-state index contributed by atoms with van der Waals surface area (Å²) in [4.78, 5) is 2.58. The second-order valence-electron chi connectivity index (χ2n) is 5.75. The third-order valence-corrected chi connectivity index (χ3v) is 5.43. The summed E-state index contributed by atoms with van der Waals surface area (Å²) in [7, 11) is 2.30. The smallest absolute Gasteiger partial charge is 0.0100 e. The van der Waals surface area contributed by atoms with Crippen molar-refractivity contribution in [3.05, 3.63) is 0 Å². The second kappa shape index (κ2) is 7.00. The molecule has 2 heteroatoms. The molecule has 1 nitrogen and oxygen atoms in total. The van der Waals surface area contributed by atoms with Crippen LogP contribution in [-0.4, -0.2) is 29.9 Å². The number of hydrogen-bond acceptors (Lipinski definition) is 1. The summed E-state index contributed by atoms with van der Waals surface area (Å²) in [6, 6.07) is 0.739. The van der Waals surface area contributed by atoms with Crippen LogP contribution >= 0.6 is 15.9 Å². The Morgan fingerprint density at radius 3 is 2.38 bits per heavy atom. The van der Waals surface area contributed by atoms with Crippen LogP contribution in [0.1, 0.15) is 58.8 Å². The molecule has 16 heavy (non-hydrogen) atoms. The van der Waals surface area contributed by atoms with Crippen molar-refractivity contribution >= 4 is 15.9 Å². The van der Waals surface area contributed by atoms with Crippen molar-refractivity contribution in [2.75, 3.05) is 18.9 Å². The molecular formula is C14H28BrN. The molecule has 0 radical (unpaired) electrons. The van der Waals surface area contributed by atoms with Crippen molar-refractivity contribution in [3.8, 4) is 0 Å². The Hall–Kier alpha value is 0.440. The zero-order chi connectivity index (χ0) is 12.0.